The Hall–Kier alpha value is -1.04. The maximum absolute atomic E-state index is 13.9. The number of ether oxygens (including phenoxy) is 3. The summed E-state index contributed by atoms with van der Waals surface area (Å²) in [4.78, 5) is 0. The Balaban J connectivity index is 1.50. The summed E-state index contributed by atoms with van der Waals surface area (Å²) in [5, 5.41) is 0. The number of hydrogen-bond acceptors (Lipinski definition) is 3. The topological polar surface area (TPSA) is 27.7 Å². The van der Waals surface area contributed by atoms with Gasteiger partial charge in [-0.25, -0.2) is 8.78 Å². The summed E-state index contributed by atoms with van der Waals surface area (Å²) < 4.78 is 44.1. The van der Waals surface area contributed by atoms with Crippen LogP contribution in [-0.4, -0.2) is 31.0 Å². The molecule has 1 saturated carbocycles. The van der Waals surface area contributed by atoms with Gasteiger partial charge in [-0.1, -0.05) is 30.3 Å². The van der Waals surface area contributed by atoms with Crippen LogP contribution >= 0.6 is 0 Å². The van der Waals surface area contributed by atoms with E-state index >= 15 is 0 Å². The van der Waals surface area contributed by atoms with Crippen molar-refractivity contribution in [2.45, 2.75) is 38.3 Å². The molecule has 0 unspecified atom stereocenters. The van der Waals surface area contributed by atoms with Crippen molar-refractivity contribution in [3.63, 3.8) is 0 Å². The third kappa shape index (κ3) is 3.10. The van der Waals surface area contributed by atoms with Crippen LogP contribution in [0.25, 0.3) is 0 Å². The highest BCUT2D eigenvalue weighted by Crippen LogP contribution is 2.59. The molecule has 3 rings (SSSR count). The first kappa shape index (κ1) is 14.9. The maximum Gasteiger partial charge on any atom is 0.259 e. The smallest absolute Gasteiger partial charge is 0.259 e. The molecule has 2 fully saturated rings. The summed E-state index contributed by atoms with van der Waals surface area (Å²) in [5.41, 5.74) is 0.986. The van der Waals surface area contributed by atoms with E-state index in [2.05, 4.69) is 0 Å². The molecule has 5 heteroatoms. The van der Waals surface area contributed by atoms with Gasteiger partial charge in [0.15, 0.2) is 5.79 Å². The van der Waals surface area contributed by atoms with Crippen LogP contribution in [0.15, 0.2) is 30.3 Å². The summed E-state index contributed by atoms with van der Waals surface area (Å²) in [6, 6.07) is 9.55. The van der Waals surface area contributed by atoms with Gasteiger partial charge in [-0.15, -0.1) is 0 Å². The van der Waals surface area contributed by atoms with Gasteiger partial charge < -0.3 is 14.2 Å². The first-order chi connectivity index (χ1) is 9.90. The third-order valence-corrected chi connectivity index (χ3v) is 4.10. The monoisotopic (exact) mass is 298 g/mol. The summed E-state index contributed by atoms with van der Waals surface area (Å²) in [6.45, 7) is 4.12. The summed E-state index contributed by atoms with van der Waals surface area (Å²) in [6.07, 6.45) is -0.541. The number of benzene rings is 1. The lowest BCUT2D eigenvalue weighted by Crippen LogP contribution is -2.23. The normalized spacial score (nSPS) is 33.0. The van der Waals surface area contributed by atoms with E-state index in [-0.39, 0.29) is 13.2 Å². The molecule has 1 aromatic carbocycles. The molecule has 1 saturated heterocycles. The van der Waals surface area contributed by atoms with Crippen molar-refractivity contribution in [3.05, 3.63) is 35.9 Å². The van der Waals surface area contributed by atoms with Crippen molar-refractivity contribution in [2.75, 3.05) is 13.2 Å². The molecule has 21 heavy (non-hydrogen) atoms. The second-order valence-electron chi connectivity index (χ2n) is 6.17. The van der Waals surface area contributed by atoms with Gasteiger partial charge in [0.05, 0.1) is 37.8 Å². The Morgan fingerprint density at radius 1 is 1.24 bits per heavy atom. The van der Waals surface area contributed by atoms with Crippen molar-refractivity contribution in [1.29, 1.82) is 0 Å². The third-order valence-electron chi connectivity index (χ3n) is 4.10. The molecule has 116 valence electrons. The van der Waals surface area contributed by atoms with E-state index in [0.717, 1.165) is 5.56 Å². The van der Waals surface area contributed by atoms with Crippen molar-refractivity contribution < 1.29 is 23.0 Å². The van der Waals surface area contributed by atoms with E-state index in [0.29, 0.717) is 6.61 Å². The predicted molar refractivity (Wildman–Crippen MR) is 72.9 cm³/mol. The summed E-state index contributed by atoms with van der Waals surface area (Å²) >= 11 is 0. The van der Waals surface area contributed by atoms with Crippen molar-refractivity contribution in [3.8, 4) is 0 Å². The minimum atomic E-state index is -2.72. The average Bonchev–Trinajstić information content (AvgIpc) is 2.78. The summed E-state index contributed by atoms with van der Waals surface area (Å²) in [7, 11) is 0. The maximum atomic E-state index is 13.9. The van der Waals surface area contributed by atoms with Crippen molar-refractivity contribution in [2.24, 2.45) is 11.8 Å². The van der Waals surface area contributed by atoms with Gasteiger partial charge in [0.2, 0.25) is 0 Å². The van der Waals surface area contributed by atoms with Gasteiger partial charge in [-0.2, -0.15) is 0 Å². The molecule has 0 aromatic heterocycles. The fourth-order valence-electron chi connectivity index (χ4n) is 2.91. The SMILES string of the molecule is CC1(C)OC[C@H]([C@H]2[C@H](COCc3ccccc3)C2(F)F)O1. The number of alkyl halides is 2. The number of halogens is 2. The zero-order valence-corrected chi connectivity index (χ0v) is 12.2. The lowest BCUT2D eigenvalue weighted by atomic mass is 10.2. The van der Waals surface area contributed by atoms with E-state index in [1.54, 1.807) is 13.8 Å². The van der Waals surface area contributed by atoms with E-state index in [4.69, 9.17) is 14.2 Å². The molecule has 0 amide bonds. The number of hydrogen-bond donors (Lipinski definition) is 0. The fourth-order valence-corrected chi connectivity index (χ4v) is 2.91. The second-order valence-corrected chi connectivity index (χ2v) is 6.17. The molecule has 0 radical (unpaired) electrons. The first-order valence-electron chi connectivity index (χ1n) is 7.21. The molecule has 1 heterocycles. The Kier molecular flexibility index (Phi) is 3.76. The molecule has 1 aliphatic heterocycles. The molecular weight excluding hydrogens is 278 g/mol. The minimum absolute atomic E-state index is 0.0485. The number of rotatable bonds is 5. The molecule has 1 aliphatic carbocycles. The quantitative estimate of drug-likeness (QED) is 0.835. The van der Waals surface area contributed by atoms with Gasteiger partial charge >= 0.3 is 0 Å². The van der Waals surface area contributed by atoms with Crippen molar-refractivity contribution in [1.82, 2.24) is 0 Å². The molecule has 2 aliphatic rings. The van der Waals surface area contributed by atoms with E-state index in [1.807, 2.05) is 30.3 Å². The first-order valence-corrected chi connectivity index (χ1v) is 7.21. The largest absolute Gasteiger partial charge is 0.376 e. The lowest BCUT2D eigenvalue weighted by molar-refractivity contribution is -0.143. The van der Waals surface area contributed by atoms with Crippen molar-refractivity contribution >= 4 is 0 Å². The van der Waals surface area contributed by atoms with Crippen LogP contribution < -0.4 is 0 Å². The van der Waals surface area contributed by atoms with Gasteiger partial charge in [0, 0.05) is 0 Å². The van der Waals surface area contributed by atoms with Gasteiger partial charge in [0.25, 0.3) is 5.92 Å². The molecule has 3 nitrogen and oxygen atoms in total. The van der Waals surface area contributed by atoms with Crippen LogP contribution in [0.1, 0.15) is 19.4 Å². The van der Waals surface area contributed by atoms with E-state index < -0.39 is 29.6 Å². The van der Waals surface area contributed by atoms with Crippen LogP contribution in [-0.2, 0) is 20.8 Å². The van der Waals surface area contributed by atoms with Crippen LogP contribution in [0.3, 0.4) is 0 Å². The van der Waals surface area contributed by atoms with E-state index in [1.165, 1.54) is 0 Å². The van der Waals surface area contributed by atoms with Crippen LogP contribution in [0, 0.1) is 11.8 Å². The van der Waals surface area contributed by atoms with E-state index in [9.17, 15) is 8.78 Å². The Morgan fingerprint density at radius 2 is 1.95 bits per heavy atom. The van der Waals surface area contributed by atoms with Gasteiger partial charge in [-0.3, -0.25) is 0 Å². The second kappa shape index (κ2) is 5.30. The Bertz CT molecular complexity index is 490. The molecule has 3 atom stereocenters. The highest BCUT2D eigenvalue weighted by Gasteiger charge is 2.72. The van der Waals surface area contributed by atoms with Crippen LogP contribution in [0.5, 0.6) is 0 Å². The van der Waals surface area contributed by atoms with Gasteiger partial charge in [-0.05, 0) is 19.4 Å². The fraction of sp³-hybridized carbons (Fsp3) is 0.625. The molecule has 0 spiro atoms. The molecule has 0 N–H and O–H groups in total. The Labute approximate surface area is 123 Å². The Morgan fingerprint density at radius 3 is 2.57 bits per heavy atom. The molecule has 0 bridgehead atoms. The summed E-state index contributed by atoms with van der Waals surface area (Å²) in [5.74, 6) is -5.05. The highest BCUT2D eigenvalue weighted by molar-refractivity contribution is 5.14. The highest BCUT2D eigenvalue weighted by atomic mass is 19.3. The zero-order valence-electron chi connectivity index (χ0n) is 12.2. The molecular formula is C16H20F2O3. The van der Waals surface area contributed by atoms with Crippen LogP contribution in [0.2, 0.25) is 0 Å². The predicted octanol–water partition coefficient (Wildman–Crippen LogP) is 3.24. The molecule has 1 aromatic rings. The minimum Gasteiger partial charge on any atom is -0.376 e. The lowest BCUT2D eigenvalue weighted by Gasteiger charge is -2.16. The average molecular weight is 298 g/mol. The standard InChI is InChI=1S/C16H20F2O3/c1-15(2)20-10-13(21-15)14-12(16(14,17)18)9-19-8-11-6-4-3-5-7-11/h3-7,12-14H,8-10H2,1-2H3/t12-,13+,14+/m0/s1. The van der Waals surface area contributed by atoms with Gasteiger partial charge in [0.1, 0.15) is 0 Å². The van der Waals surface area contributed by atoms with Crippen LogP contribution in [0.4, 0.5) is 8.78 Å². The zero-order chi connectivity index (χ0) is 15.1.